The van der Waals surface area contributed by atoms with E-state index < -0.39 is 11.9 Å². The van der Waals surface area contributed by atoms with E-state index in [1.54, 1.807) is 6.07 Å². The number of anilines is 1. The molecule has 0 saturated carbocycles. The van der Waals surface area contributed by atoms with E-state index in [0.717, 1.165) is 9.13 Å². The lowest BCUT2D eigenvalue weighted by Crippen LogP contribution is -2.21. The van der Waals surface area contributed by atoms with Gasteiger partial charge in [-0.2, -0.15) is 0 Å². The van der Waals surface area contributed by atoms with E-state index in [1.807, 2.05) is 19.1 Å². The number of carbonyl (C=O) groups is 3. The van der Waals surface area contributed by atoms with Crippen LogP contribution in [0.25, 0.3) is 0 Å². The number of ether oxygens (including phenoxy) is 1. The quantitative estimate of drug-likeness (QED) is 0.600. The van der Waals surface area contributed by atoms with Gasteiger partial charge in [0.05, 0.1) is 6.42 Å². The molecule has 1 aromatic rings. The van der Waals surface area contributed by atoms with Gasteiger partial charge in [0.15, 0.2) is 6.61 Å². The van der Waals surface area contributed by atoms with E-state index >= 15 is 0 Å². The van der Waals surface area contributed by atoms with Crippen LogP contribution in [0.15, 0.2) is 18.2 Å². The zero-order valence-corrected chi connectivity index (χ0v) is 13.5. The minimum atomic E-state index is -0.547. The number of amides is 1. The van der Waals surface area contributed by atoms with Crippen LogP contribution in [0.2, 0.25) is 0 Å². The maximum atomic E-state index is 11.6. The van der Waals surface area contributed by atoms with Crippen LogP contribution in [-0.2, 0) is 19.1 Å². The van der Waals surface area contributed by atoms with Crippen LogP contribution in [0.4, 0.5) is 5.69 Å². The predicted molar refractivity (Wildman–Crippen MR) is 83.4 cm³/mol. The van der Waals surface area contributed by atoms with Gasteiger partial charge in [-0.1, -0.05) is 0 Å². The molecule has 20 heavy (non-hydrogen) atoms. The third-order valence-corrected chi connectivity index (χ3v) is 3.18. The van der Waals surface area contributed by atoms with Crippen molar-refractivity contribution < 1.29 is 19.1 Å². The molecule has 0 unspecified atom stereocenters. The highest BCUT2D eigenvalue weighted by Crippen LogP contribution is 2.17. The normalized spacial score (nSPS) is 9.95. The van der Waals surface area contributed by atoms with Gasteiger partial charge in [0.25, 0.3) is 5.91 Å². The summed E-state index contributed by atoms with van der Waals surface area (Å²) >= 11 is 2.19. The number of carbonyl (C=O) groups excluding carboxylic acids is 3. The highest BCUT2D eigenvalue weighted by molar-refractivity contribution is 14.1. The number of ketones is 1. The molecular weight excluding hydrogens is 373 g/mol. The smallest absolute Gasteiger partial charge is 0.306 e. The molecule has 0 radical (unpaired) electrons. The molecule has 108 valence electrons. The summed E-state index contributed by atoms with van der Waals surface area (Å²) in [5.41, 5.74) is 1.63. The Kier molecular flexibility index (Phi) is 6.63. The van der Waals surface area contributed by atoms with E-state index in [2.05, 4.69) is 27.9 Å². The van der Waals surface area contributed by atoms with Gasteiger partial charge >= 0.3 is 5.97 Å². The highest BCUT2D eigenvalue weighted by Gasteiger charge is 2.09. The molecule has 1 N–H and O–H groups in total. The first-order valence-electron chi connectivity index (χ1n) is 6.09. The molecule has 1 amide bonds. The van der Waals surface area contributed by atoms with Crippen molar-refractivity contribution in [2.24, 2.45) is 0 Å². The van der Waals surface area contributed by atoms with Crippen molar-refractivity contribution >= 4 is 45.9 Å². The number of aryl methyl sites for hydroxylation is 1. The zero-order chi connectivity index (χ0) is 15.1. The zero-order valence-electron chi connectivity index (χ0n) is 11.4. The summed E-state index contributed by atoms with van der Waals surface area (Å²) in [7, 11) is 0. The predicted octanol–water partition coefficient (Wildman–Crippen LogP) is 2.45. The van der Waals surface area contributed by atoms with E-state index in [-0.39, 0.29) is 25.2 Å². The molecule has 0 aliphatic rings. The second-order valence-electron chi connectivity index (χ2n) is 4.37. The van der Waals surface area contributed by atoms with E-state index in [0.29, 0.717) is 5.69 Å². The minimum Gasteiger partial charge on any atom is -0.456 e. The molecule has 1 rings (SSSR count). The number of nitrogens with one attached hydrogen (secondary N) is 1. The number of benzene rings is 1. The van der Waals surface area contributed by atoms with Gasteiger partial charge in [-0.3, -0.25) is 9.59 Å². The van der Waals surface area contributed by atoms with Gasteiger partial charge in [0, 0.05) is 15.7 Å². The van der Waals surface area contributed by atoms with Crippen LogP contribution >= 0.6 is 22.6 Å². The van der Waals surface area contributed by atoms with Crippen LogP contribution in [0.1, 0.15) is 25.3 Å². The van der Waals surface area contributed by atoms with Crippen molar-refractivity contribution in [2.75, 3.05) is 11.9 Å². The summed E-state index contributed by atoms with van der Waals surface area (Å²) in [6.45, 7) is 2.94. The lowest BCUT2D eigenvalue weighted by molar-refractivity contribution is -0.148. The van der Waals surface area contributed by atoms with Crippen LogP contribution in [0.3, 0.4) is 0 Å². The monoisotopic (exact) mass is 389 g/mol. The first-order chi connectivity index (χ1) is 9.38. The molecule has 1 aromatic carbocycles. The summed E-state index contributed by atoms with van der Waals surface area (Å²) in [6, 6.07) is 5.61. The Morgan fingerprint density at radius 3 is 2.55 bits per heavy atom. The third-order valence-electron chi connectivity index (χ3n) is 2.51. The standard InChI is InChI=1S/C14H16INO4/c1-9-7-11(15)4-5-12(9)16-13(18)8-20-14(19)6-3-10(2)17/h4-5,7H,3,6,8H2,1-2H3,(H,16,18). The summed E-state index contributed by atoms with van der Waals surface area (Å²) in [4.78, 5) is 33.6. The lowest BCUT2D eigenvalue weighted by atomic mass is 10.2. The van der Waals surface area contributed by atoms with Gasteiger partial charge in [0.1, 0.15) is 5.78 Å². The van der Waals surface area contributed by atoms with Crippen molar-refractivity contribution in [3.05, 3.63) is 27.3 Å². The number of hydrogen-bond donors (Lipinski definition) is 1. The molecule has 0 aliphatic heterocycles. The van der Waals surface area contributed by atoms with Crippen molar-refractivity contribution in [3.63, 3.8) is 0 Å². The van der Waals surface area contributed by atoms with Gasteiger partial charge in [-0.15, -0.1) is 0 Å². The summed E-state index contributed by atoms with van der Waals surface area (Å²) in [5, 5.41) is 2.67. The Labute approximate surface area is 131 Å². The average Bonchev–Trinajstić information content (AvgIpc) is 2.37. The first kappa shape index (κ1) is 16.6. The van der Waals surface area contributed by atoms with Crippen molar-refractivity contribution in [1.82, 2.24) is 0 Å². The Morgan fingerprint density at radius 1 is 1.25 bits per heavy atom. The Bertz CT molecular complexity index is 528. The van der Waals surface area contributed by atoms with Gasteiger partial charge in [-0.05, 0) is 60.2 Å². The van der Waals surface area contributed by atoms with Gasteiger partial charge in [0.2, 0.25) is 0 Å². The summed E-state index contributed by atoms with van der Waals surface area (Å²) in [6.07, 6.45) is 0.141. The number of Topliss-reactive ketones (excluding diaryl/α,β-unsaturated/α-hetero) is 1. The van der Waals surface area contributed by atoms with E-state index in [4.69, 9.17) is 4.74 Å². The number of esters is 1. The molecule has 0 heterocycles. The number of halogens is 1. The fraction of sp³-hybridized carbons (Fsp3) is 0.357. The topological polar surface area (TPSA) is 72.5 Å². The minimum absolute atomic E-state index is 0.00513. The molecule has 0 fully saturated rings. The SMILES string of the molecule is CC(=O)CCC(=O)OCC(=O)Nc1ccc(I)cc1C. The largest absolute Gasteiger partial charge is 0.456 e. The summed E-state index contributed by atoms with van der Waals surface area (Å²) < 4.78 is 5.86. The molecule has 0 spiro atoms. The van der Waals surface area contributed by atoms with Crippen LogP contribution in [-0.4, -0.2) is 24.3 Å². The number of hydrogen-bond acceptors (Lipinski definition) is 4. The second-order valence-corrected chi connectivity index (χ2v) is 5.62. The fourth-order valence-corrected chi connectivity index (χ4v) is 2.10. The Balaban J connectivity index is 2.40. The Hall–Kier alpha value is -1.44. The van der Waals surface area contributed by atoms with Crippen LogP contribution in [0.5, 0.6) is 0 Å². The van der Waals surface area contributed by atoms with Crippen molar-refractivity contribution in [3.8, 4) is 0 Å². The van der Waals surface area contributed by atoms with E-state index in [1.165, 1.54) is 6.92 Å². The van der Waals surface area contributed by atoms with Crippen LogP contribution in [0, 0.1) is 10.5 Å². The molecule has 0 atom stereocenters. The summed E-state index contributed by atoms with van der Waals surface area (Å²) in [5.74, 6) is -1.03. The number of rotatable bonds is 6. The van der Waals surface area contributed by atoms with Gasteiger partial charge < -0.3 is 14.8 Å². The molecule has 0 aromatic heterocycles. The van der Waals surface area contributed by atoms with E-state index in [9.17, 15) is 14.4 Å². The Morgan fingerprint density at radius 2 is 1.95 bits per heavy atom. The first-order valence-corrected chi connectivity index (χ1v) is 7.17. The van der Waals surface area contributed by atoms with Crippen LogP contribution < -0.4 is 5.32 Å². The second kappa shape index (κ2) is 7.98. The maximum absolute atomic E-state index is 11.6. The molecule has 0 aliphatic carbocycles. The lowest BCUT2D eigenvalue weighted by Gasteiger charge is -2.09. The van der Waals surface area contributed by atoms with Gasteiger partial charge in [-0.25, -0.2) is 0 Å². The van der Waals surface area contributed by atoms with Crippen molar-refractivity contribution in [1.29, 1.82) is 0 Å². The molecular formula is C14H16INO4. The average molecular weight is 389 g/mol. The highest BCUT2D eigenvalue weighted by atomic mass is 127. The maximum Gasteiger partial charge on any atom is 0.306 e. The third kappa shape index (κ3) is 6.14. The van der Waals surface area contributed by atoms with Crippen molar-refractivity contribution in [2.45, 2.75) is 26.7 Å². The molecule has 5 nitrogen and oxygen atoms in total. The molecule has 0 saturated heterocycles. The molecule has 0 bridgehead atoms. The fourth-order valence-electron chi connectivity index (χ4n) is 1.45. The molecule has 6 heteroatoms.